The van der Waals surface area contributed by atoms with Crippen molar-refractivity contribution in [1.82, 2.24) is 0 Å². The van der Waals surface area contributed by atoms with Crippen molar-refractivity contribution in [2.24, 2.45) is 5.92 Å². The van der Waals surface area contributed by atoms with Gasteiger partial charge in [0.1, 0.15) is 0 Å². The van der Waals surface area contributed by atoms with Crippen LogP contribution in [-0.2, 0) is 22.1 Å². The highest BCUT2D eigenvalue weighted by Crippen LogP contribution is 2.43. The number of hydrogen-bond acceptors (Lipinski definition) is 5. The van der Waals surface area contributed by atoms with Crippen LogP contribution in [0.2, 0.25) is 0 Å². The molecule has 0 rings (SSSR count). The van der Waals surface area contributed by atoms with Crippen LogP contribution in [0.25, 0.3) is 0 Å². The molecule has 0 fully saturated rings. The fourth-order valence-electron chi connectivity index (χ4n) is 1.27. The Morgan fingerprint density at radius 1 is 0.679 bits per heavy atom. The maximum absolute atomic E-state index is 13.1. The maximum atomic E-state index is 13.1. The summed E-state index contributed by atoms with van der Waals surface area (Å²) in [7, 11) is -2.56. The Labute approximate surface area is 162 Å². The lowest BCUT2D eigenvalue weighted by molar-refractivity contribution is -0.311. The zero-order valence-electron chi connectivity index (χ0n) is 13.0. The summed E-state index contributed by atoms with van der Waals surface area (Å²) in [5.74, 6) is -1.80. The quantitative estimate of drug-likeness (QED) is 0.215. The van der Waals surface area contributed by atoms with Gasteiger partial charge in [-0.25, -0.2) is 26.3 Å². The lowest BCUT2D eigenvalue weighted by Crippen LogP contribution is -2.42. The first-order valence-corrected chi connectivity index (χ1v) is 8.38. The molecule has 0 saturated heterocycles. The molecule has 0 aliphatic rings. The molecular formula is C10H11Cl2F10O5P. The van der Waals surface area contributed by atoms with E-state index >= 15 is 0 Å². The molecule has 0 N–H and O–H groups in total. The first-order valence-electron chi connectivity index (χ1n) is 6.66. The van der Waals surface area contributed by atoms with Crippen molar-refractivity contribution in [3.05, 3.63) is 0 Å². The van der Waals surface area contributed by atoms with E-state index in [1.54, 1.807) is 0 Å². The summed E-state index contributed by atoms with van der Waals surface area (Å²) in [6.45, 7) is -3.93. The highest BCUT2D eigenvalue weighted by atomic mass is 35.5. The van der Waals surface area contributed by atoms with Gasteiger partial charge in [0, 0.05) is 5.92 Å². The first kappa shape index (κ1) is 28.1. The van der Waals surface area contributed by atoms with Gasteiger partial charge in [-0.05, 0) is 0 Å². The normalized spacial score (nSPS) is 16.8. The smallest absolute Gasteiger partial charge is 0.318 e. The SMILES string of the molecule is FC(F)C(F)C(F)(F)OCC(COP(OCl)OCl)COC(F)(F)C(F)C(F)F. The van der Waals surface area contributed by atoms with Gasteiger partial charge in [-0.3, -0.25) is 0 Å². The number of halogens is 12. The van der Waals surface area contributed by atoms with Gasteiger partial charge in [-0.2, -0.15) is 25.7 Å². The minimum absolute atomic E-state index is 0.978. The largest absolute Gasteiger partial charge is 0.392 e. The van der Waals surface area contributed by atoms with Crippen molar-refractivity contribution in [2.75, 3.05) is 19.8 Å². The highest BCUT2D eigenvalue weighted by molar-refractivity contribution is 7.43. The van der Waals surface area contributed by atoms with E-state index in [1.165, 1.54) is 0 Å². The van der Waals surface area contributed by atoms with Gasteiger partial charge in [-0.15, -0.1) is 0 Å². The third-order valence-corrected chi connectivity index (χ3v) is 3.90. The van der Waals surface area contributed by atoms with Crippen LogP contribution in [0.3, 0.4) is 0 Å². The maximum Gasteiger partial charge on any atom is 0.392 e. The van der Waals surface area contributed by atoms with Crippen LogP contribution in [0.4, 0.5) is 43.9 Å². The molecule has 0 aromatic rings. The molecule has 170 valence electrons. The van der Waals surface area contributed by atoms with Crippen molar-refractivity contribution in [2.45, 2.75) is 37.4 Å². The molecule has 2 unspecified atom stereocenters. The molecule has 0 amide bonds. The first-order chi connectivity index (χ1) is 12.8. The summed E-state index contributed by atoms with van der Waals surface area (Å²) in [5, 5.41) is 0. The Balaban J connectivity index is 5.00. The van der Waals surface area contributed by atoms with Crippen molar-refractivity contribution in [3.8, 4) is 0 Å². The Morgan fingerprint density at radius 3 is 1.32 bits per heavy atom. The molecule has 0 saturated carbocycles. The third kappa shape index (κ3) is 9.74. The van der Waals surface area contributed by atoms with Gasteiger partial charge < -0.3 is 14.0 Å². The second-order valence-corrected chi connectivity index (χ2v) is 6.55. The van der Waals surface area contributed by atoms with E-state index in [1.807, 2.05) is 0 Å². The van der Waals surface area contributed by atoms with E-state index in [-0.39, 0.29) is 0 Å². The van der Waals surface area contributed by atoms with Crippen molar-refractivity contribution in [1.29, 1.82) is 0 Å². The Morgan fingerprint density at radius 2 is 1.04 bits per heavy atom. The summed E-state index contributed by atoms with van der Waals surface area (Å²) < 4.78 is 146. The summed E-state index contributed by atoms with van der Waals surface area (Å²) >= 11 is 9.66. The molecule has 0 aromatic carbocycles. The third-order valence-electron chi connectivity index (χ3n) is 2.64. The number of hydrogen-bond donors (Lipinski definition) is 0. The molecular weight excluding hydrogens is 492 g/mol. The lowest BCUT2D eigenvalue weighted by atomic mass is 10.2. The van der Waals surface area contributed by atoms with E-state index in [2.05, 4.69) is 22.1 Å². The van der Waals surface area contributed by atoms with Crippen LogP contribution in [-0.4, -0.2) is 57.2 Å². The minimum Gasteiger partial charge on any atom is -0.318 e. The average molecular weight is 503 g/mol. The topological polar surface area (TPSA) is 46.2 Å². The molecule has 2 atom stereocenters. The van der Waals surface area contributed by atoms with Gasteiger partial charge in [-0.1, -0.05) is 0 Å². The predicted molar refractivity (Wildman–Crippen MR) is 73.8 cm³/mol. The molecule has 0 aliphatic heterocycles. The fraction of sp³-hybridized carbons (Fsp3) is 1.00. The predicted octanol–water partition coefficient (Wildman–Crippen LogP) is 5.61. The summed E-state index contributed by atoms with van der Waals surface area (Å²) in [5.41, 5.74) is 0. The Bertz CT molecular complexity index is 407. The summed E-state index contributed by atoms with van der Waals surface area (Å²) in [6, 6.07) is 0. The molecule has 0 bridgehead atoms. The van der Waals surface area contributed by atoms with Gasteiger partial charge in [0.05, 0.1) is 43.6 Å². The summed E-state index contributed by atoms with van der Waals surface area (Å²) in [4.78, 5) is 0. The van der Waals surface area contributed by atoms with Crippen LogP contribution < -0.4 is 0 Å². The highest BCUT2D eigenvalue weighted by Gasteiger charge is 2.49. The number of ether oxygens (including phenoxy) is 2. The van der Waals surface area contributed by atoms with Crippen molar-refractivity contribution < 1.29 is 66.1 Å². The number of rotatable bonds is 15. The Hall–Kier alpha value is 0.110. The van der Waals surface area contributed by atoms with Crippen LogP contribution in [0.15, 0.2) is 0 Å². The standard InChI is InChI=1S/C10H11Cl2F10O5P/c11-26-28(27-12)25-3-4(1-23-9(19,20)5(13)7(15)16)2-24-10(21,22)6(14)8(17)18/h4-8H,1-3H2. The molecule has 0 spiro atoms. The molecule has 0 aliphatic carbocycles. The van der Waals surface area contributed by atoms with Crippen molar-refractivity contribution >= 4 is 32.3 Å². The monoisotopic (exact) mass is 502 g/mol. The van der Waals surface area contributed by atoms with Crippen LogP contribution in [0.5, 0.6) is 0 Å². The van der Waals surface area contributed by atoms with Crippen LogP contribution >= 0.6 is 32.3 Å². The van der Waals surface area contributed by atoms with Gasteiger partial charge in [0.15, 0.2) is 0 Å². The lowest BCUT2D eigenvalue weighted by Gasteiger charge is -2.26. The Kier molecular flexibility index (Phi) is 12.8. The van der Waals surface area contributed by atoms with Crippen molar-refractivity contribution in [3.63, 3.8) is 0 Å². The molecule has 0 radical (unpaired) electrons. The second-order valence-electron chi connectivity index (χ2n) is 4.74. The van der Waals surface area contributed by atoms with Gasteiger partial charge >= 0.3 is 20.8 Å². The van der Waals surface area contributed by atoms with Gasteiger partial charge in [0.2, 0.25) is 0 Å². The molecule has 28 heavy (non-hydrogen) atoms. The number of alkyl halides is 10. The zero-order chi connectivity index (χ0) is 22.1. The minimum atomic E-state index is -5.06. The molecule has 18 heteroatoms. The molecule has 5 nitrogen and oxygen atoms in total. The van der Waals surface area contributed by atoms with E-state index < -0.39 is 71.8 Å². The van der Waals surface area contributed by atoms with E-state index in [4.69, 9.17) is 23.7 Å². The van der Waals surface area contributed by atoms with Crippen LogP contribution in [0.1, 0.15) is 0 Å². The molecule has 0 aromatic heterocycles. The van der Waals surface area contributed by atoms with Crippen LogP contribution in [0, 0.1) is 5.92 Å². The van der Waals surface area contributed by atoms with E-state index in [9.17, 15) is 43.9 Å². The zero-order valence-corrected chi connectivity index (χ0v) is 15.4. The molecule has 0 heterocycles. The summed E-state index contributed by atoms with van der Waals surface area (Å²) in [6.07, 6.45) is -26.6. The van der Waals surface area contributed by atoms with Gasteiger partial charge in [0.25, 0.3) is 25.2 Å². The van der Waals surface area contributed by atoms with E-state index in [0.29, 0.717) is 0 Å². The van der Waals surface area contributed by atoms with E-state index in [0.717, 1.165) is 0 Å². The fourth-order valence-corrected chi connectivity index (χ4v) is 2.20. The average Bonchev–Trinajstić information content (AvgIpc) is 2.62. The second kappa shape index (κ2) is 12.7.